The first kappa shape index (κ1) is 20.7. The van der Waals surface area contributed by atoms with Gasteiger partial charge in [-0.3, -0.25) is 4.79 Å². The highest BCUT2D eigenvalue weighted by atomic mass is 127. The zero-order chi connectivity index (χ0) is 17.3. The smallest absolute Gasteiger partial charge is 0.243 e. The molecule has 3 rings (SSSR count). The molecule has 0 radical (unpaired) electrons. The van der Waals surface area contributed by atoms with Crippen molar-refractivity contribution in [2.45, 2.75) is 64.1 Å². The number of fused-ring (bicyclic) bond motifs is 2. The van der Waals surface area contributed by atoms with Crippen molar-refractivity contribution in [3.63, 3.8) is 0 Å². The fourth-order valence-electron chi connectivity index (χ4n) is 4.36. The second kappa shape index (κ2) is 8.41. The molecule has 0 aromatic rings. The third-order valence-electron chi connectivity index (χ3n) is 6.20. The summed E-state index contributed by atoms with van der Waals surface area (Å²) in [4.78, 5) is 18.0. The summed E-state index contributed by atoms with van der Waals surface area (Å²) in [5, 5.41) is 7.12. The predicted molar refractivity (Wildman–Crippen MR) is 110 cm³/mol. The lowest BCUT2D eigenvalue weighted by molar-refractivity contribution is -0.171. The lowest BCUT2D eigenvalue weighted by atomic mass is 9.46. The van der Waals surface area contributed by atoms with Gasteiger partial charge in [0.1, 0.15) is 6.54 Å². The zero-order valence-electron chi connectivity index (χ0n) is 15.9. The number of halogens is 1. The summed E-state index contributed by atoms with van der Waals surface area (Å²) in [5.41, 5.74) is 0.310. The van der Waals surface area contributed by atoms with Gasteiger partial charge >= 0.3 is 0 Å². The molecule has 4 atom stereocenters. The number of guanidine groups is 1. The Morgan fingerprint density at radius 1 is 1.40 bits per heavy atom. The van der Waals surface area contributed by atoms with E-state index >= 15 is 0 Å². The first-order valence-corrected chi connectivity index (χ1v) is 9.37. The number of nitrogens with one attached hydrogen (secondary N) is 2. The molecule has 25 heavy (non-hydrogen) atoms. The highest BCUT2D eigenvalue weighted by Crippen LogP contribution is 2.62. The van der Waals surface area contributed by atoms with Crippen molar-refractivity contribution >= 4 is 35.8 Å². The van der Waals surface area contributed by atoms with E-state index in [2.05, 4.69) is 29.5 Å². The van der Waals surface area contributed by atoms with Crippen LogP contribution in [0.2, 0.25) is 0 Å². The molecule has 1 aliphatic heterocycles. The Hall–Kier alpha value is -0.570. The number of carbonyl (C=O) groups excluding carboxylic acids is 1. The topological polar surface area (TPSA) is 66.0 Å². The third kappa shape index (κ3) is 3.91. The van der Waals surface area contributed by atoms with Crippen LogP contribution in [0.4, 0.5) is 0 Å². The Morgan fingerprint density at radius 3 is 2.68 bits per heavy atom. The van der Waals surface area contributed by atoms with E-state index in [0.717, 1.165) is 25.4 Å². The summed E-state index contributed by atoms with van der Waals surface area (Å²) in [6.45, 7) is 5.37. The first-order valence-electron chi connectivity index (χ1n) is 9.37. The molecule has 0 aromatic heterocycles. The highest BCUT2D eigenvalue weighted by Gasteiger charge is 2.66. The standard InChI is InChI=1S/C18H32N4O2.HI/c1-5-12(2)20-17(19-11-14(23)22(3)4)21-15-13-7-10-24-16(13)18(15)8-6-9-18;/h12-13,15-16H,5-11H2,1-4H3,(H2,19,20,21);1H. The third-order valence-corrected chi connectivity index (χ3v) is 6.20. The molecule has 1 saturated heterocycles. The monoisotopic (exact) mass is 464 g/mol. The van der Waals surface area contributed by atoms with E-state index in [0.29, 0.717) is 29.5 Å². The Morgan fingerprint density at radius 2 is 2.12 bits per heavy atom. The second-order valence-electron chi connectivity index (χ2n) is 7.86. The summed E-state index contributed by atoms with van der Waals surface area (Å²) >= 11 is 0. The van der Waals surface area contributed by atoms with E-state index < -0.39 is 0 Å². The van der Waals surface area contributed by atoms with Crippen molar-refractivity contribution in [2.24, 2.45) is 16.3 Å². The zero-order valence-corrected chi connectivity index (χ0v) is 18.2. The minimum absolute atomic E-state index is 0. The molecule has 144 valence electrons. The van der Waals surface area contributed by atoms with Gasteiger partial charge in [-0.05, 0) is 32.6 Å². The Kier molecular flexibility index (Phi) is 6.98. The molecule has 1 amide bonds. The number of aliphatic imine (C=N–C) groups is 1. The normalized spacial score (nSPS) is 30.4. The van der Waals surface area contributed by atoms with Crippen LogP contribution in [0.5, 0.6) is 0 Å². The fraction of sp³-hybridized carbons (Fsp3) is 0.889. The Balaban J connectivity index is 0.00000225. The van der Waals surface area contributed by atoms with Crippen LogP contribution >= 0.6 is 24.0 Å². The van der Waals surface area contributed by atoms with Crippen LogP contribution in [0.1, 0.15) is 46.0 Å². The molecule has 2 saturated carbocycles. The number of ether oxygens (including phenoxy) is 1. The van der Waals surface area contributed by atoms with Crippen molar-refractivity contribution in [3.05, 3.63) is 0 Å². The molecular formula is C18H33IN4O2. The molecule has 0 bridgehead atoms. The van der Waals surface area contributed by atoms with E-state index in [-0.39, 0.29) is 36.4 Å². The van der Waals surface area contributed by atoms with Gasteiger partial charge in [-0.25, -0.2) is 4.99 Å². The number of hydrogen-bond acceptors (Lipinski definition) is 3. The van der Waals surface area contributed by atoms with Gasteiger partial charge in [0, 0.05) is 44.1 Å². The molecule has 1 spiro atoms. The first-order chi connectivity index (χ1) is 11.5. The van der Waals surface area contributed by atoms with Crippen molar-refractivity contribution in [2.75, 3.05) is 27.2 Å². The molecule has 2 aliphatic carbocycles. The van der Waals surface area contributed by atoms with E-state index in [9.17, 15) is 4.79 Å². The largest absolute Gasteiger partial charge is 0.377 e. The lowest BCUT2D eigenvalue weighted by Gasteiger charge is -2.63. The summed E-state index contributed by atoms with van der Waals surface area (Å²) in [6.07, 6.45) is 6.40. The Labute approximate surface area is 168 Å². The van der Waals surface area contributed by atoms with Gasteiger partial charge in [-0.2, -0.15) is 0 Å². The van der Waals surface area contributed by atoms with Gasteiger partial charge in [-0.1, -0.05) is 13.3 Å². The molecular weight excluding hydrogens is 431 g/mol. The number of likely N-dealkylation sites (N-methyl/N-ethyl adjacent to an activating group) is 1. The molecule has 6 nitrogen and oxygen atoms in total. The van der Waals surface area contributed by atoms with Gasteiger partial charge in [0.05, 0.1) is 6.10 Å². The van der Waals surface area contributed by atoms with Gasteiger partial charge in [0.2, 0.25) is 5.91 Å². The lowest BCUT2D eigenvalue weighted by Crippen LogP contribution is -2.72. The van der Waals surface area contributed by atoms with Gasteiger partial charge in [0.15, 0.2) is 5.96 Å². The SMILES string of the molecule is CCC(C)NC(=NCC(=O)N(C)C)NC1C2CCOC2C12CCC2.I. The minimum atomic E-state index is 0. The number of carbonyl (C=O) groups is 1. The van der Waals surface area contributed by atoms with Crippen molar-refractivity contribution in [1.29, 1.82) is 0 Å². The predicted octanol–water partition coefficient (Wildman–Crippen LogP) is 1.98. The summed E-state index contributed by atoms with van der Waals surface area (Å²) < 4.78 is 5.99. The number of nitrogens with zero attached hydrogens (tertiary/aromatic N) is 2. The van der Waals surface area contributed by atoms with Crippen molar-refractivity contribution in [3.8, 4) is 0 Å². The maximum atomic E-state index is 11.9. The Bertz CT molecular complexity index is 507. The van der Waals surface area contributed by atoms with Crippen LogP contribution in [0.3, 0.4) is 0 Å². The number of amides is 1. The van der Waals surface area contributed by atoms with Crippen LogP contribution in [0.15, 0.2) is 4.99 Å². The second-order valence-corrected chi connectivity index (χ2v) is 7.86. The number of rotatable bonds is 5. The summed E-state index contributed by atoms with van der Waals surface area (Å²) in [7, 11) is 3.53. The minimum Gasteiger partial charge on any atom is -0.377 e. The van der Waals surface area contributed by atoms with Crippen molar-refractivity contribution in [1.82, 2.24) is 15.5 Å². The summed E-state index contributed by atoms with van der Waals surface area (Å²) in [6, 6.07) is 0.766. The van der Waals surface area contributed by atoms with E-state index in [1.54, 1.807) is 19.0 Å². The molecule has 4 unspecified atom stereocenters. The van der Waals surface area contributed by atoms with Crippen LogP contribution in [0, 0.1) is 11.3 Å². The molecule has 0 aromatic carbocycles. The van der Waals surface area contributed by atoms with E-state index in [1.165, 1.54) is 19.3 Å². The van der Waals surface area contributed by atoms with Crippen LogP contribution in [-0.2, 0) is 9.53 Å². The molecule has 1 heterocycles. The maximum absolute atomic E-state index is 11.9. The highest BCUT2D eigenvalue weighted by molar-refractivity contribution is 14.0. The van der Waals surface area contributed by atoms with Crippen LogP contribution in [-0.4, -0.2) is 62.2 Å². The van der Waals surface area contributed by atoms with Gasteiger partial charge in [0.25, 0.3) is 0 Å². The maximum Gasteiger partial charge on any atom is 0.243 e. The van der Waals surface area contributed by atoms with E-state index in [1.807, 2.05) is 0 Å². The average Bonchev–Trinajstić information content (AvgIpc) is 2.92. The molecule has 3 aliphatic rings. The molecule has 7 heteroatoms. The summed E-state index contributed by atoms with van der Waals surface area (Å²) in [5.74, 6) is 1.40. The number of hydrogen-bond donors (Lipinski definition) is 2. The van der Waals surface area contributed by atoms with Gasteiger partial charge < -0.3 is 20.3 Å². The molecule has 2 N–H and O–H groups in total. The van der Waals surface area contributed by atoms with Crippen LogP contribution < -0.4 is 10.6 Å². The average molecular weight is 464 g/mol. The van der Waals surface area contributed by atoms with Crippen molar-refractivity contribution < 1.29 is 9.53 Å². The van der Waals surface area contributed by atoms with E-state index in [4.69, 9.17) is 4.74 Å². The van der Waals surface area contributed by atoms with Gasteiger partial charge in [-0.15, -0.1) is 24.0 Å². The fourth-order valence-corrected chi connectivity index (χ4v) is 4.36. The van der Waals surface area contributed by atoms with Crippen LogP contribution in [0.25, 0.3) is 0 Å². The molecule has 3 fully saturated rings. The quantitative estimate of drug-likeness (QED) is 0.371.